The molecule has 2 aromatic rings. The van der Waals surface area contributed by atoms with Gasteiger partial charge < -0.3 is 9.47 Å². The van der Waals surface area contributed by atoms with Crippen LogP contribution in [0.1, 0.15) is 41.3 Å². The summed E-state index contributed by atoms with van der Waals surface area (Å²) in [5.41, 5.74) is 1.48. The van der Waals surface area contributed by atoms with Gasteiger partial charge in [-0.1, -0.05) is 36.4 Å². The lowest BCUT2D eigenvalue weighted by Gasteiger charge is -2.14. The van der Waals surface area contributed by atoms with Gasteiger partial charge in [0.25, 0.3) is 0 Å². The maximum absolute atomic E-state index is 13.5. The number of ether oxygens (including phenoxy) is 2. The number of fused-ring (bicyclic) bond motifs is 2. The second-order valence-corrected chi connectivity index (χ2v) is 7.02. The summed E-state index contributed by atoms with van der Waals surface area (Å²) >= 11 is 0. The molecule has 0 N–H and O–H groups in total. The molecule has 6 nitrogen and oxygen atoms in total. The summed E-state index contributed by atoms with van der Waals surface area (Å²) < 4.78 is 10.7. The number of esters is 1. The zero-order valence-electron chi connectivity index (χ0n) is 16.0. The highest BCUT2D eigenvalue weighted by Gasteiger charge is 2.76. The SMILES string of the molecule is CCOC1C(c2ccccc2)C12C(=O)N(C(C)=O)c1cc(C(=O)OC)ccc12. The third-order valence-corrected chi connectivity index (χ3v) is 5.62. The monoisotopic (exact) mass is 379 g/mol. The zero-order chi connectivity index (χ0) is 20.1. The van der Waals surface area contributed by atoms with E-state index >= 15 is 0 Å². The number of anilines is 1. The van der Waals surface area contributed by atoms with Crippen LogP contribution in [-0.4, -0.2) is 37.6 Å². The second kappa shape index (κ2) is 6.56. The molecule has 0 radical (unpaired) electrons. The fourth-order valence-corrected chi connectivity index (χ4v) is 4.47. The van der Waals surface area contributed by atoms with Crippen LogP contribution in [0.5, 0.6) is 0 Å². The van der Waals surface area contributed by atoms with Gasteiger partial charge in [-0.15, -0.1) is 0 Å². The third kappa shape index (κ3) is 2.34. The van der Waals surface area contributed by atoms with E-state index in [0.717, 1.165) is 10.5 Å². The van der Waals surface area contributed by atoms with Crippen molar-refractivity contribution in [1.82, 2.24) is 0 Å². The van der Waals surface area contributed by atoms with Crippen molar-refractivity contribution in [2.45, 2.75) is 31.3 Å². The highest BCUT2D eigenvalue weighted by molar-refractivity contribution is 6.25. The summed E-state index contributed by atoms with van der Waals surface area (Å²) in [4.78, 5) is 39.0. The van der Waals surface area contributed by atoms with Gasteiger partial charge in [0.1, 0.15) is 5.41 Å². The Morgan fingerprint density at radius 1 is 1.14 bits per heavy atom. The molecule has 1 saturated carbocycles. The van der Waals surface area contributed by atoms with Crippen molar-refractivity contribution in [3.63, 3.8) is 0 Å². The van der Waals surface area contributed by atoms with Gasteiger partial charge in [-0.2, -0.15) is 0 Å². The van der Waals surface area contributed by atoms with Crippen LogP contribution in [0.2, 0.25) is 0 Å². The fourth-order valence-electron chi connectivity index (χ4n) is 4.47. The predicted molar refractivity (Wildman–Crippen MR) is 102 cm³/mol. The number of hydrogen-bond acceptors (Lipinski definition) is 5. The molecule has 3 atom stereocenters. The maximum atomic E-state index is 13.5. The lowest BCUT2D eigenvalue weighted by atomic mass is 9.91. The first kappa shape index (κ1) is 18.4. The minimum absolute atomic E-state index is 0.187. The maximum Gasteiger partial charge on any atom is 0.337 e. The van der Waals surface area contributed by atoms with E-state index in [1.165, 1.54) is 14.0 Å². The number of methoxy groups -OCH3 is 1. The van der Waals surface area contributed by atoms with Gasteiger partial charge >= 0.3 is 5.97 Å². The van der Waals surface area contributed by atoms with Gasteiger partial charge in [-0.05, 0) is 30.2 Å². The average molecular weight is 379 g/mol. The Bertz CT molecular complexity index is 970. The molecule has 0 bridgehead atoms. The van der Waals surface area contributed by atoms with E-state index in [0.29, 0.717) is 23.4 Å². The fraction of sp³-hybridized carbons (Fsp3) is 0.318. The first-order valence-electron chi connectivity index (χ1n) is 9.23. The summed E-state index contributed by atoms with van der Waals surface area (Å²) in [7, 11) is 1.29. The molecule has 0 aromatic heterocycles. The molecule has 3 unspecified atom stereocenters. The van der Waals surface area contributed by atoms with Crippen LogP contribution in [0.25, 0.3) is 0 Å². The highest BCUT2D eigenvalue weighted by Crippen LogP contribution is 2.67. The first-order chi connectivity index (χ1) is 13.5. The summed E-state index contributed by atoms with van der Waals surface area (Å²) in [5, 5.41) is 0. The van der Waals surface area contributed by atoms with Crippen LogP contribution in [0.15, 0.2) is 48.5 Å². The molecule has 144 valence electrons. The second-order valence-electron chi connectivity index (χ2n) is 7.02. The molecular formula is C22H21NO5. The Hall–Kier alpha value is -2.99. The van der Waals surface area contributed by atoms with E-state index in [1.54, 1.807) is 18.2 Å². The van der Waals surface area contributed by atoms with Crippen molar-refractivity contribution in [2.24, 2.45) is 0 Å². The molecule has 2 aliphatic rings. The topological polar surface area (TPSA) is 72.9 Å². The Morgan fingerprint density at radius 2 is 1.86 bits per heavy atom. The van der Waals surface area contributed by atoms with Crippen molar-refractivity contribution < 1.29 is 23.9 Å². The van der Waals surface area contributed by atoms with E-state index in [2.05, 4.69) is 0 Å². The number of rotatable bonds is 4. The number of hydrogen-bond donors (Lipinski definition) is 0. The minimum atomic E-state index is -0.951. The number of nitrogens with zero attached hydrogens (tertiary/aromatic N) is 1. The number of imide groups is 1. The van der Waals surface area contributed by atoms with E-state index in [4.69, 9.17) is 9.47 Å². The number of amides is 2. The molecule has 2 aromatic carbocycles. The Morgan fingerprint density at radius 3 is 2.46 bits per heavy atom. The normalized spacial score (nSPS) is 25.0. The predicted octanol–water partition coefficient (Wildman–Crippen LogP) is 2.81. The molecule has 1 aliphatic heterocycles. The zero-order valence-corrected chi connectivity index (χ0v) is 16.0. The van der Waals surface area contributed by atoms with Gasteiger partial charge in [0.2, 0.25) is 11.8 Å². The standard InChI is InChI=1S/C22H21NO5/c1-4-28-19-18(14-8-6-5-7-9-14)22(19)16-11-10-15(20(25)27-3)12-17(16)23(13(2)24)21(22)26/h5-12,18-19H,4H2,1-3H3. The van der Waals surface area contributed by atoms with E-state index in [9.17, 15) is 14.4 Å². The van der Waals surface area contributed by atoms with E-state index in [-0.39, 0.29) is 23.8 Å². The molecule has 1 fully saturated rings. The number of benzene rings is 2. The van der Waals surface area contributed by atoms with Crippen molar-refractivity contribution in [1.29, 1.82) is 0 Å². The van der Waals surface area contributed by atoms with Gasteiger partial charge in [0.05, 0.1) is 24.5 Å². The van der Waals surface area contributed by atoms with E-state index < -0.39 is 11.4 Å². The summed E-state index contributed by atoms with van der Waals surface area (Å²) in [6.07, 6.45) is -0.362. The summed E-state index contributed by atoms with van der Waals surface area (Å²) in [6.45, 7) is 3.69. The molecule has 0 saturated heterocycles. The quantitative estimate of drug-likeness (QED) is 0.764. The van der Waals surface area contributed by atoms with Crippen molar-refractivity contribution in [3.05, 3.63) is 65.2 Å². The summed E-state index contributed by atoms with van der Waals surface area (Å²) in [6, 6.07) is 14.6. The molecule has 1 spiro atoms. The van der Waals surface area contributed by atoms with Crippen molar-refractivity contribution >= 4 is 23.5 Å². The largest absolute Gasteiger partial charge is 0.465 e. The van der Waals surface area contributed by atoms with Crippen LogP contribution >= 0.6 is 0 Å². The Kier molecular flexibility index (Phi) is 4.31. The highest BCUT2D eigenvalue weighted by atomic mass is 16.5. The van der Waals surface area contributed by atoms with Crippen molar-refractivity contribution in [3.8, 4) is 0 Å². The van der Waals surface area contributed by atoms with Crippen LogP contribution < -0.4 is 4.90 Å². The molecule has 2 amide bonds. The van der Waals surface area contributed by atoms with Crippen LogP contribution in [0.4, 0.5) is 5.69 Å². The average Bonchev–Trinajstić information content (AvgIpc) is 3.28. The van der Waals surface area contributed by atoms with E-state index in [1.807, 2.05) is 37.3 Å². The molecule has 6 heteroatoms. The molecule has 4 rings (SSSR count). The van der Waals surface area contributed by atoms with Gasteiger partial charge in [0.15, 0.2) is 0 Å². The molecular weight excluding hydrogens is 358 g/mol. The van der Waals surface area contributed by atoms with Gasteiger partial charge in [-0.25, -0.2) is 9.69 Å². The first-order valence-corrected chi connectivity index (χ1v) is 9.23. The third-order valence-electron chi connectivity index (χ3n) is 5.62. The van der Waals surface area contributed by atoms with Crippen LogP contribution in [0, 0.1) is 0 Å². The lowest BCUT2D eigenvalue weighted by molar-refractivity contribution is -0.126. The smallest absolute Gasteiger partial charge is 0.337 e. The van der Waals surface area contributed by atoms with Crippen LogP contribution in [0.3, 0.4) is 0 Å². The summed E-state index contributed by atoms with van der Waals surface area (Å²) in [5.74, 6) is -1.40. The number of carbonyl (C=O) groups excluding carboxylic acids is 3. The minimum Gasteiger partial charge on any atom is -0.465 e. The Balaban J connectivity index is 1.90. The lowest BCUT2D eigenvalue weighted by Crippen LogP contribution is -2.37. The molecule has 1 aliphatic carbocycles. The Labute approximate surface area is 163 Å². The van der Waals surface area contributed by atoms with Crippen molar-refractivity contribution in [2.75, 3.05) is 18.6 Å². The van der Waals surface area contributed by atoms with Gasteiger partial charge in [-0.3, -0.25) is 9.59 Å². The molecule has 28 heavy (non-hydrogen) atoms. The number of carbonyl (C=O) groups is 3. The van der Waals surface area contributed by atoms with Crippen LogP contribution in [-0.2, 0) is 24.5 Å². The molecule has 1 heterocycles. The van der Waals surface area contributed by atoms with Gasteiger partial charge in [0, 0.05) is 19.4 Å².